The quantitative estimate of drug-likeness (QED) is 0.803. The molecule has 0 aromatic heterocycles. The Bertz CT molecular complexity index is 562. The van der Waals surface area contributed by atoms with Crippen LogP contribution in [0.15, 0.2) is 42.1 Å². The van der Waals surface area contributed by atoms with Gasteiger partial charge in [0, 0.05) is 19.2 Å². The van der Waals surface area contributed by atoms with Crippen molar-refractivity contribution in [2.75, 3.05) is 13.1 Å². The number of nitrogens with zero attached hydrogens (tertiary/aromatic N) is 1. The summed E-state index contributed by atoms with van der Waals surface area (Å²) in [5, 5.41) is 6.31. The SMILES string of the molecule is O=C1C=C(NCc2ccccc2)C(=O)N1C1CCCNC1. The van der Waals surface area contributed by atoms with Crippen LogP contribution in [0.25, 0.3) is 0 Å². The molecule has 2 heterocycles. The number of nitrogens with one attached hydrogen (secondary N) is 2. The average molecular weight is 285 g/mol. The molecule has 0 saturated carbocycles. The Hall–Kier alpha value is -2.14. The van der Waals surface area contributed by atoms with Gasteiger partial charge in [-0.1, -0.05) is 30.3 Å². The van der Waals surface area contributed by atoms with Crippen LogP contribution in [0.2, 0.25) is 0 Å². The van der Waals surface area contributed by atoms with E-state index in [1.54, 1.807) is 0 Å². The van der Waals surface area contributed by atoms with E-state index in [4.69, 9.17) is 0 Å². The molecule has 21 heavy (non-hydrogen) atoms. The zero-order valence-corrected chi connectivity index (χ0v) is 11.8. The van der Waals surface area contributed by atoms with Crippen LogP contribution in [0, 0.1) is 0 Å². The maximum atomic E-state index is 12.4. The highest BCUT2D eigenvalue weighted by atomic mass is 16.2. The summed E-state index contributed by atoms with van der Waals surface area (Å²) >= 11 is 0. The minimum atomic E-state index is -0.204. The Balaban J connectivity index is 1.63. The number of rotatable bonds is 4. The Morgan fingerprint density at radius 2 is 2.05 bits per heavy atom. The lowest BCUT2D eigenvalue weighted by molar-refractivity contribution is -0.140. The minimum absolute atomic E-state index is 0.0222. The molecule has 2 aliphatic rings. The number of piperidine rings is 1. The fourth-order valence-corrected chi connectivity index (χ4v) is 2.80. The summed E-state index contributed by atoms with van der Waals surface area (Å²) in [4.78, 5) is 25.8. The predicted octanol–water partition coefficient (Wildman–Crippen LogP) is 0.781. The second-order valence-corrected chi connectivity index (χ2v) is 5.41. The van der Waals surface area contributed by atoms with Crippen molar-refractivity contribution < 1.29 is 9.59 Å². The Morgan fingerprint density at radius 3 is 2.76 bits per heavy atom. The highest BCUT2D eigenvalue weighted by Crippen LogP contribution is 2.19. The Kier molecular flexibility index (Phi) is 4.01. The molecular weight excluding hydrogens is 266 g/mol. The van der Waals surface area contributed by atoms with Gasteiger partial charge in [-0.3, -0.25) is 14.5 Å². The third-order valence-electron chi connectivity index (χ3n) is 3.92. The predicted molar refractivity (Wildman–Crippen MR) is 79.1 cm³/mol. The second kappa shape index (κ2) is 6.10. The van der Waals surface area contributed by atoms with Gasteiger partial charge < -0.3 is 10.6 Å². The molecule has 1 saturated heterocycles. The van der Waals surface area contributed by atoms with Gasteiger partial charge in [-0.15, -0.1) is 0 Å². The molecule has 0 aliphatic carbocycles. The molecule has 0 bridgehead atoms. The van der Waals surface area contributed by atoms with Crippen molar-refractivity contribution >= 4 is 11.8 Å². The van der Waals surface area contributed by atoms with Crippen LogP contribution in [0.1, 0.15) is 18.4 Å². The summed E-state index contributed by atoms with van der Waals surface area (Å²) in [6.45, 7) is 2.19. The van der Waals surface area contributed by atoms with Crippen LogP contribution < -0.4 is 10.6 Å². The van der Waals surface area contributed by atoms with Crippen LogP contribution in [0.3, 0.4) is 0 Å². The van der Waals surface area contributed by atoms with Crippen LogP contribution in [0.5, 0.6) is 0 Å². The van der Waals surface area contributed by atoms with E-state index in [9.17, 15) is 9.59 Å². The number of amides is 2. The fourth-order valence-electron chi connectivity index (χ4n) is 2.80. The van der Waals surface area contributed by atoms with Gasteiger partial charge in [-0.25, -0.2) is 0 Å². The summed E-state index contributed by atoms with van der Waals surface area (Å²) in [5.74, 6) is -0.408. The molecule has 0 spiro atoms. The molecule has 2 amide bonds. The molecule has 2 aliphatic heterocycles. The number of imide groups is 1. The molecule has 1 unspecified atom stereocenters. The van der Waals surface area contributed by atoms with E-state index in [-0.39, 0.29) is 17.9 Å². The van der Waals surface area contributed by atoms with E-state index < -0.39 is 0 Å². The Morgan fingerprint density at radius 1 is 1.24 bits per heavy atom. The molecule has 1 aromatic rings. The van der Waals surface area contributed by atoms with Crippen LogP contribution in [-0.4, -0.2) is 35.8 Å². The molecule has 1 aromatic carbocycles. The van der Waals surface area contributed by atoms with E-state index in [2.05, 4.69) is 10.6 Å². The van der Waals surface area contributed by atoms with Crippen molar-refractivity contribution in [2.45, 2.75) is 25.4 Å². The smallest absolute Gasteiger partial charge is 0.277 e. The number of carbonyl (C=O) groups is 2. The summed E-state index contributed by atoms with van der Waals surface area (Å²) in [6.07, 6.45) is 3.29. The van der Waals surface area contributed by atoms with Crippen LogP contribution >= 0.6 is 0 Å². The number of carbonyl (C=O) groups excluding carboxylic acids is 2. The lowest BCUT2D eigenvalue weighted by Crippen LogP contribution is -2.49. The summed E-state index contributed by atoms with van der Waals surface area (Å²) in [6, 6.07) is 9.80. The first-order chi connectivity index (χ1) is 10.3. The molecule has 5 heteroatoms. The molecule has 2 N–H and O–H groups in total. The first-order valence-corrected chi connectivity index (χ1v) is 7.33. The Labute approximate surface area is 124 Å². The zero-order chi connectivity index (χ0) is 14.7. The molecule has 110 valence electrons. The largest absolute Gasteiger partial charge is 0.376 e. The zero-order valence-electron chi connectivity index (χ0n) is 11.8. The van der Waals surface area contributed by atoms with Gasteiger partial charge in [0.1, 0.15) is 5.70 Å². The van der Waals surface area contributed by atoms with Gasteiger partial charge in [0.25, 0.3) is 11.8 Å². The first kappa shape index (κ1) is 13.8. The maximum absolute atomic E-state index is 12.4. The minimum Gasteiger partial charge on any atom is -0.376 e. The fraction of sp³-hybridized carbons (Fsp3) is 0.375. The molecular formula is C16H19N3O2. The van der Waals surface area contributed by atoms with Gasteiger partial charge in [-0.05, 0) is 24.9 Å². The van der Waals surface area contributed by atoms with Crippen LogP contribution in [0.4, 0.5) is 0 Å². The summed E-state index contributed by atoms with van der Waals surface area (Å²) in [7, 11) is 0. The van der Waals surface area contributed by atoms with Crippen molar-refractivity contribution in [3.8, 4) is 0 Å². The third-order valence-corrected chi connectivity index (χ3v) is 3.92. The summed E-state index contributed by atoms with van der Waals surface area (Å²) < 4.78 is 0. The monoisotopic (exact) mass is 285 g/mol. The van der Waals surface area contributed by atoms with Crippen molar-refractivity contribution in [2.24, 2.45) is 0 Å². The third kappa shape index (κ3) is 2.97. The summed E-state index contributed by atoms with van der Waals surface area (Å²) in [5.41, 5.74) is 1.48. The standard InChI is InChI=1S/C16H19N3O2/c20-15-9-14(18-10-12-5-2-1-3-6-12)16(21)19(15)13-7-4-8-17-11-13/h1-3,5-6,9,13,17-18H,4,7-8,10-11H2. The highest BCUT2D eigenvalue weighted by Gasteiger charge is 2.36. The van der Waals surface area contributed by atoms with Crippen molar-refractivity contribution in [3.63, 3.8) is 0 Å². The molecule has 3 rings (SSSR count). The number of benzene rings is 1. The van der Waals surface area contributed by atoms with Crippen molar-refractivity contribution in [1.82, 2.24) is 15.5 Å². The molecule has 1 fully saturated rings. The topological polar surface area (TPSA) is 61.4 Å². The van der Waals surface area contributed by atoms with Gasteiger partial charge in [-0.2, -0.15) is 0 Å². The molecule has 1 atom stereocenters. The van der Waals surface area contributed by atoms with Gasteiger partial charge in [0.05, 0.1) is 6.04 Å². The van der Waals surface area contributed by atoms with E-state index in [0.717, 1.165) is 24.9 Å². The second-order valence-electron chi connectivity index (χ2n) is 5.41. The van der Waals surface area contributed by atoms with Crippen molar-refractivity contribution in [1.29, 1.82) is 0 Å². The normalized spacial score (nSPS) is 22.4. The number of hydrogen-bond acceptors (Lipinski definition) is 4. The molecule has 0 radical (unpaired) electrons. The van der Waals surface area contributed by atoms with Gasteiger partial charge in [0.15, 0.2) is 0 Å². The van der Waals surface area contributed by atoms with Crippen LogP contribution in [-0.2, 0) is 16.1 Å². The van der Waals surface area contributed by atoms with Gasteiger partial charge >= 0.3 is 0 Å². The average Bonchev–Trinajstić information content (AvgIpc) is 2.81. The maximum Gasteiger partial charge on any atom is 0.277 e. The highest BCUT2D eigenvalue weighted by molar-refractivity contribution is 6.16. The first-order valence-electron chi connectivity index (χ1n) is 7.33. The lowest BCUT2D eigenvalue weighted by atomic mass is 10.1. The van der Waals surface area contributed by atoms with E-state index >= 15 is 0 Å². The van der Waals surface area contributed by atoms with Gasteiger partial charge in [0.2, 0.25) is 0 Å². The van der Waals surface area contributed by atoms with E-state index in [0.29, 0.717) is 18.8 Å². The lowest BCUT2D eigenvalue weighted by Gasteiger charge is -2.30. The van der Waals surface area contributed by atoms with E-state index in [1.165, 1.54) is 11.0 Å². The molecule has 5 nitrogen and oxygen atoms in total. The van der Waals surface area contributed by atoms with Crippen molar-refractivity contribution in [3.05, 3.63) is 47.7 Å². The number of hydrogen-bond donors (Lipinski definition) is 2. The van der Waals surface area contributed by atoms with E-state index in [1.807, 2.05) is 30.3 Å².